The zero-order valence-corrected chi connectivity index (χ0v) is 11.6. The smallest absolute Gasteiger partial charge is 0.317 e. The van der Waals surface area contributed by atoms with Gasteiger partial charge in [-0.2, -0.15) is 5.10 Å². The first-order valence-corrected chi connectivity index (χ1v) is 6.57. The molecular weight excluding hydrogens is 262 g/mol. The number of hydrogen-bond donors (Lipinski definition) is 3. The van der Waals surface area contributed by atoms with E-state index >= 15 is 0 Å². The van der Waals surface area contributed by atoms with Crippen LogP contribution in [-0.4, -0.2) is 50.3 Å². The molecular formula is C12H19N5O3. The van der Waals surface area contributed by atoms with Crippen molar-refractivity contribution >= 4 is 12.0 Å². The number of aliphatic carboxylic acids is 1. The molecule has 20 heavy (non-hydrogen) atoms. The number of rotatable bonds is 6. The lowest BCUT2D eigenvalue weighted by atomic mass is 10.1. The Kier molecular flexibility index (Phi) is 4.21. The number of urea groups is 1. The molecule has 0 saturated heterocycles. The molecule has 1 heterocycles. The molecule has 0 aromatic carbocycles. The Labute approximate surface area is 116 Å². The van der Waals surface area contributed by atoms with Crippen LogP contribution in [0.5, 0.6) is 0 Å². The Morgan fingerprint density at radius 1 is 1.55 bits per heavy atom. The number of H-pyrrole nitrogens is 1. The maximum absolute atomic E-state index is 12.0. The fourth-order valence-corrected chi connectivity index (χ4v) is 2.03. The standard InChI is InChI=1S/C12H19N5O3/c1-7-13-10(16-15-7)6-17(2)12(20)14-9(5-11(18)19)8-3-4-8/h8-9H,3-6H2,1-2H3,(H,14,20)(H,18,19)(H,13,15,16). The van der Waals surface area contributed by atoms with Gasteiger partial charge in [-0.05, 0) is 25.7 Å². The van der Waals surface area contributed by atoms with Gasteiger partial charge in [-0.15, -0.1) is 0 Å². The van der Waals surface area contributed by atoms with E-state index in [1.807, 2.05) is 0 Å². The SMILES string of the molecule is Cc1nc(CN(C)C(=O)NC(CC(=O)O)C2CC2)n[nH]1. The van der Waals surface area contributed by atoms with Crippen LogP contribution in [0.25, 0.3) is 0 Å². The Hall–Kier alpha value is -2.12. The van der Waals surface area contributed by atoms with E-state index < -0.39 is 5.97 Å². The van der Waals surface area contributed by atoms with E-state index in [1.165, 1.54) is 4.90 Å². The summed E-state index contributed by atoms with van der Waals surface area (Å²) in [6.45, 7) is 2.06. The Balaban J connectivity index is 1.87. The molecule has 1 atom stereocenters. The van der Waals surface area contributed by atoms with Gasteiger partial charge >= 0.3 is 12.0 Å². The van der Waals surface area contributed by atoms with Crippen molar-refractivity contribution in [1.29, 1.82) is 0 Å². The van der Waals surface area contributed by atoms with E-state index in [2.05, 4.69) is 20.5 Å². The van der Waals surface area contributed by atoms with Crippen LogP contribution in [0, 0.1) is 12.8 Å². The molecule has 0 bridgehead atoms. The van der Waals surface area contributed by atoms with Crippen molar-refractivity contribution in [3.8, 4) is 0 Å². The highest BCUT2D eigenvalue weighted by Gasteiger charge is 2.34. The van der Waals surface area contributed by atoms with Crippen LogP contribution >= 0.6 is 0 Å². The topological polar surface area (TPSA) is 111 Å². The third-order valence-electron chi connectivity index (χ3n) is 3.26. The van der Waals surface area contributed by atoms with E-state index in [0.29, 0.717) is 11.6 Å². The molecule has 1 aromatic rings. The molecule has 0 radical (unpaired) electrons. The molecule has 3 N–H and O–H groups in total. The predicted octanol–water partition coefficient (Wildman–Crippen LogP) is 0.508. The Morgan fingerprint density at radius 2 is 2.25 bits per heavy atom. The van der Waals surface area contributed by atoms with Gasteiger partial charge in [0.2, 0.25) is 0 Å². The van der Waals surface area contributed by atoms with E-state index in [0.717, 1.165) is 12.8 Å². The number of carboxylic acid groups (broad SMARTS) is 1. The van der Waals surface area contributed by atoms with E-state index in [4.69, 9.17) is 5.11 Å². The van der Waals surface area contributed by atoms with Crippen LogP contribution < -0.4 is 5.32 Å². The van der Waals surface area contributed by atoms with Crippen LogP contribution in [0.3, 0.4) is 0 Å². The summed E-state index contributed by atoms with van der Waals surface area (Å²) < 4.78 is 0. The lowest BCUT2D eigenvalue weighted by molar-refractivity contribution is -0.137. The van der Waals surface area contributed by atoms with E-state index in [9.17, 15) is 9.59 Å². The highest BCUT2D eigenvalue weighted by molar-refractivity contribution is 5.75. The molecule has 1 aliphatic carbocycles. The maximum atomic E-state index is 12.0. The number of nitrogens with zero attached hydrogens (tertiary/aromatic N) is 3. The molecule has 1 saturated carbocycles. The lowest BCUT2D eigenvalue weighted by Crippen LogP contribution is -2.44. The van der Waals surface area contributed by atoms with E-state index in [1.54, 1.807) is 14.0 Å². The minimum atomic E-state index is -0.894. The highest BCUT2D eigenvalue weighted by Crippen LogP contribution is 2.34. The average molecular weight is 281 g/mol. The van der Waals surface area contributed by atoms with Crippen molar-refractivity contribution in [3.05, 3.63) is 11.6 Å². The summed E-state index contributed by atoms with van der Waals surface area (Å²) in [7, 11) is 1.63. The normalized spacial score (nSPS) is 15.7. The minimum Gasteiger partial charge on any atom is -0.481 e. The van der Waals surface area contributed by atoms with Gasteiger partial charge in [-0.1, -0.05) is 0 Å². The molecule has 2 rings (SSSR count). The van der Waals surface area contributed by atoms with Crippen LogP contribution in [0.1, 0.15) is 30.9 Å². The number of aromatic nitrogens is 3. The van der Waals surface area contributed by atoms with Gasteiger partial charge in [0.15, 0.2) is 5.82 Å². The third-order valence-corrected chi connectivity index (χ3v) is 3.26. The zero-order chi connectivity index (χ0) is 14.7. The lowest BCUT2D eigenvalue weighted by Gasteiger charge is -2.21. The summed E-state index contributed by atoms with van der Waals surface area (Å²) in [4.78, 5) is 28.4. The number of aromatic amines is 1. The second kappa shape index (κ2) is 5.89. The second-order valence-electron chi connectivity index (χ2n) is 5.18. The van der Waals surface area contributed by atoms with Gasteiger partial charge in [-0.25, -0.2) is 9.78 Å². The molecule has 1 unspecified atom stereocenters. The summed E-state index contributed by atoms with van der Waals surface area (Å²) in [5.74, 6) is 0.612. The number of amides is 2. The van der Waals surface area contributed by atoms with Crippen molar-refractivity contribution in [2.75, 3.05) is 7.05 Å². The summed E-state index contributed by atoms with van der Waals surface area (Å²) >= 11 is 0. The second-order valence-corrected chi connectivity index (χ2v) is 5.18. The summed E-state index contributed by atoms with van der Waals surface area (Å²) in [5, 5.41) is 18.3. The molecule has 8 nitrogen and oxygen atoms in total. The monoisotopic (exact) mass is 281 g/mol. The van der Waals surface area contributed by atoms with Gasteiger partial charge in [-0.3, -0.25) is 9.89 Å². The molecule has 110 valence electrons. The Morgan fingerprint density at radius 3 is 2.75 bits per heavy atom. The minimum absolute atomic E-state index is 0.0377. The fourth-order valence-electron chi connectivity index (χ4n) is 2.03. The Bertz CT molecular complexity index is 497. The van der Waals surface area contributed by atoms with Crippen LogP contribution in [0.15, 0.2) is 0 Å². The van der Waals surface area contributed by atoms with Crippen LogP contribution in [0.4, 0.5) is 4.79 Å². The number of hydrogen-bond acceptors (Lipinski definition) is 4. The molecule has 0 aliphatic heterocycles. The maximum Gasteiger partial charge on any atom is 0.317 e. The first kappa shape index (κ1) is 14.3. The average Bonchev–Trinajstić information content (AvgIpc) is 3.12. The number of carbonyl (C=O) groups is 2. The van der Waals surface area contributed by atoms with Gasteiger partial charge < -0.3 is 15.3 Å². The van der Waals surface area contributed by atoms with Crippen molar-refractivity contribution in [1.82, 2.24) is 25.4 Å². The number of nitrogens with one attached hydrogen (secondary N) is 2. The van der Waals surface area contributed by atoms with E-state index in [-0.39, 0.29) is 31.0 Å². The molecule has 1 aromatic heterocycles. The molecule has 1 aliphatic rings. The van der Waals surface area contributed by atoms with Gasteiger partial charge in [0.25, 0.3) is 0 Å². The van der Waals surface area contributed by atoms with Crippen molar-refractivity contribution in [3.63, 3.8) is 0 Å². The van der Waals surface area contributed by atoms with Crippen LogP contribution in [0.2, 0.25) is 0 Å². The van der Waals surface area contributed by atoms with Crippen LogP contribution in [-0.2, 0) is 11.3 Å². The molecule has 1 fully saturated rings. The summed E-state index contributed by atoms with van der Waals surface area (Å²) in [6.07, 6.45) is 1.91. The molecule has 0 spiro atoms. The number of carboxylic acids is 1. The van der Waals surface area contributed by atoms with Gasteiger partial charge in [0.1, 0.15) is 5.82 Å². The quantitative estimate of drug-likeness (QED) is 0.703. The zero-order valence-electron chi connectivity index (χ0n) is 11.6. The summed E-state index contributed by atoms with van der Waals surface area (Å²) in [5.41, 5.74) is 0. The number of carbonyl (C=O) groups excluding carboxylic acids is 1. The summed E-state index contributed by atoms with van der Waals surface area (Å²) in [6, 6.07) is -0.595. The first-order chi connectivity index (χ1) is 9.45. The predicted molar refractivity (Wildman–Crippen MR) is 69.9 cm³/mol. The number of aryl methyl sites for hydroxylation is 1. The highest BCUT2D eigenvalue weighted by atomic mass is 16.4. The molecule has 8 heteroatoms. The largest absolute Gasteiger partial charge is 0.481 e. The fraction of sp³-hybridized carbons (Fsp3) is 0.667. The van der Waals surface area contributed by atoms with Gasteiger partial charge in [0, 0.05) is 13.1 Å². The van der Waals surface area contributed by atoms with Crippen molar-refractivity contribution in [2.45, 2.75) is 38.8 Å². The third kappa shape index (κ3) is 3.94. The first-order valence-electron chi connectivity index (χ1n) is 6.57. The molecule has 2 amide bonds. The van der Waals surface area contributed by atoms with Crippen molar-refractivity contribution in [2.24, 2.45) is 5.92 Å². The van der Waals surface area contributed by atoms with Gasteiger partial charge in [0.05, 0.1) is 13.0 Å². The van der Waals surface area contributed by atoms with Crippen molar-refractivity contribution < 1.29 is 14.7 Å².